The number of amides is 1. The lowest BCUT2D eigenvalue weighted by atomic mass is 10.1. The lowest BCUT2D eigenvalue weighted by Crippen LogP contribution is -2.24. The van der Waals surface area contributed by atoms with Crippen molar-refractivity contribution in [3.05, 3.63) is 76.9 Å². The van der Waals surface area contributed by atoms with Gasteiger partial charge in [-0.25, -0.2) is 4.39 Å². The zero-order chi connectivity index (χ0) is 19.2. The van der Waals surface area contributed by atoms with Gasteiger partial charge in [-0.05, 0) is 36.6 Å². The van der Waals surface area contributed by atoms with Crippen molar-refractivity contribution in [3.8, 4) is 0 Å². The molecular formula is C20H21FN4OS. The van der Waals surface area contributed by atoms with Gasteiger partial charge in [-0.2, -0.15) is 0 Å². The second-order valence-corrected chi connectivity index (χ2v) is 7.19. The maximum atomic E-state index is 13.3. The van der Waals surface area contributed by atoms with Crippen LogP contribution in [0.5, 0.6) is 0 Å². The fraction of sp³-hybridized carbons (Fsp3) is 0.250. The number of hydrogen-bond acceptors (Lipinski definition) is 4. The van der Waals surface area contributed by atoms with Gasteiger partial charge in [-0.1, -0.05) is 54.2 Å². The summed E-state index contributed by atoms with van der Waals surface area (Å²) >= 11 is 1.35. The Hall–Kier alpha value is -2.67. The van der Waals surface area contributed by atoms with Crippen molar-refractivity contribution in [2.75, 3.05) is 5.75 Å². The Kier molecular flexibility index (Phi) is 6.24. The molecule has 0 saturated carbocycles. The summed E-state index contributed by atoms with van der Waals surface area (Å²) in [5, 5.41) is 11.9. The molecule has 0 aliphatic heterocycles. The number of halogens is 1. The average Bonchev–Trinajstić information content (AvgIpc) is 3.01. The molecule has 2 aromatic carbocycles. The van der Waals surface area contributed by atoms with Gasteiger partial charge in [0.2, 0.25) is 5.91 Å². The Morgan fingerprint density at radius 2 is 1.89 bits per heavy atom. The molecule has 0 spiro atoms. The first-order chi connectivity index (χ1) is 13.0. The van der Waals surface area contributed by atoms with Crippen LogP contribution in [0, 0.1) is 19.7 Å². The number of carbonyl (C=O) groups excluding carboxylic acids is 1. The van der Waals surface area contributed by atoms with E-state index in [0.29, 0.717) is 23.8 Å². The van der Waals surface area contributed by atoms with E-state index in [1.807, 2.05) is 41.8 Å². The number of carbonyl (C=O) groups is 1. The number of rotatable bonds is 7. The molecule has 3 aromatic rings. The molecule has 0 saturated heterocycles. The first-order valence-corrected chi connectivity index (χ1v) is 9.60. The van der Waals surface area contributed by atoms with E-state index in [0.717, 1.165) is 17.0 Å². The lowest BCUT2D eigenvalue weighted by molar-refractivity contribution is -0.118. The molecule has 0 fully saturated rings. The average molecular weight is 384 g/mol. The van der Waals surface area contributed by atoms with Crippen molar-refractivity contribution in [2.45, 2.75) is 32.1 Å². The van der Waals surface area contributed by atoms with Gasteiger partial charge >= 0.3 is 0 Å². The summed E-state index contributed by atoms with van der Waals surface area (Å²) in [6, 6.07) is 14.9. The van der Waals surface area contributed by atoms with Gasteiger partial charge in [0.1, 0.15) is 11.6 Å². The number of nitrogens with one attached hydrogen (secondary N) is 1. The van der Waals surface area contributed by atoms with E-state index in [-0.39, 0.29) is 17.5 Å². The normalized spacial score (nSPS) is 10.8. The van der Waals surface area contributed by atoms with Gasteiger partial charge < -0.3 is 9.88 Å². The van der Waals surface area contributed by atoms with Gasteiger partial charge in [0.15, 0.2) is 5.16 Å². The molecule has 140 valence electrons. The summed E-state index contributed by atoms with van der Waals surface area (Å²) in [6.45, 7) is 4.64. The summed E-state index contributed by atoms with van der Waals surface area (Å²) in [7, 11) is 0. The second kappa shape index (κ2) is 8.81. The Morgan fingerprint density at radius 3 is 2.63 bits per heavy atom. The summed E-state index contributed by atoms with van der Waals surface area (Å²) in [5.74, 6) is 0.707. The van der Waals surface area contributed by atoms with Gasteiger partial charge in [0.25, 0.3) is 0 Å². The zero-order valence-electron chi connectivity index (χ0n) is 15.3. The summed E-state index contributed by atoms with van der Waals surface area (Å²) in [5.41, 5.74) is 2.59. The van der Waals surface area contributed by atoms with E-state index < -0.39 is 0 Å². The third-order valence-electron chi connectivity index (χ3n) is 4.13. The third-order valence-corrected chi connectivity index (χ3v) is 5.10. The second-order valence-electron chi connectivity index (χ2n) is 6.25. The molecule has 0 atom stereocenters. The summed E-state index contributed by atoms with van der Waals surface area (Å²) < 4.78 is 15.3. The van der Waals surface area contributed by atoms with E-state index in [2.05, 4.69) is 15.5 Å². The fourth-order valence-electron chi connectivity index (χ4n) is 2.61. The largest absolute Gasteiger partial charge is 0.351 e. The molecular weight excluding hydrogens is 363 g/mol. The quantitative estimate of drug-likeness (QED) is 0.634. The lowest BCUT2D eigenvalue weighted by Gasteiger charge is -2.09. The van der Waals surface area contributed by atoms with Gasteiger partial charge in [0, 0.05) is 6.54 Å². The Bertz CT molecular complexity index is 927. The molecule has 1 heterocycles. The molecule has 0 radical (unpaired) electrons. The predicted octanol–water partition coefficient (Wildman–Crippen LogP) is 3.49. The zero-order valence-corrected chi connectivity index (χ0v) is 16.1. The highest BCUT2D eigenvalue weighted by atomic mass is 32.2. The molecule has 1 aromatic heterocycles. The van der Waals surface area contributed by atoms with Crippen LogP contribution in [0.2, 0.25) is 0 Å². The highest BCUT2D eigenvalue weighted by Crippen LogP contribution is 2.18. The molecule has 7 heteroatoms. The first kappa shape index (κ1) is 19.1. The number of nitrogens with zero attached hydrogens (tertiary/aromatic N) is 3. The van der Waals surface area contributed by atoms with Crippen molar-refractivity contribution < 1.29 is 9.18 Å². The van der Waals surface area contributed by atoms with Crippen LogP contribution in [0.25, 0.3) is 0 Å². The van der Waals surface area contributed by atoms with E-state index in [9.17, 15) is 9.18 Å². The highest BCUT2D eigenvalue weighted by Gasteiger charge is 2.12. The van der Waals surface area contributed by atoms with E-state index >= 15 is 0 Å². The predicted molar refractivity (Wildman–Crippen MR) is 104 cm³/mol. The number of thioether (sulfide) groups is 1. The SMILES string of the molecule is Cc1cc(CNC(=O)CSc2nnc(C)n2Cc2ccccc2)ccc1F. The summed E-state index contributed by atoms with van der Waals surface area (Å²) in [6.07, 6.45) is 0. The highest BCUT2D eigenvalue weighted by molar-refractivity contribution is 7.99. The Balaban J connectivity index is 1.55. The first-order valence-electron chi connectivity index (χ1n) is 8.61. The Labute approximate surface area is 162 Å². The van der Waals surface area contributed by atoms with Crippen LogP contribution in [-0.2, 0) is 17.9 Å². The van der Waals surface area contributed by atoms with E-state index in [1.54, 1.807) is 19.1 Å². The fourth-order valence-corrected chi connectivity index (χ4v) is 3.43. The van der Waals surface area contributed by atoms with Crippen LogP contribution in [0.3, 0.4) is 0 Å². The van der Waals surface area contributed by atoms with Crippen LogP contribution in [0.4, 0.5) is 4.39 Å². The monoisotopic (exact) mass is 384 g/mol. The standard InChI is InChI=1S/C20H21FN4OS/c1-14-10-17(8-9-18(14)21)11-22-19(26)13-27-20-24-23-15(2)25(20)12-16-6-4-3-5-7-16/h3-10H,11-13H2,1-2H3,(H,22,26). The number of hydrogen-bond donors (Lipinski definition) is 1. The minimum absolute atomic E-state index is 0.103. The van der Waals surface area contributed by atoms with Gasteiger partial charge in [0.05, 0.1) is 12.3 Å². The van der Waals surface area contributed by atoms with Crippen LogP contribution >= 0.6 is 11.8 Å². The topological polar surface area (TPSA) is 59.8 Å². The number of aryl methyl sites for hydroxylation is 2. The summed E-state index contributed by atoms with van der Waals surface area (Å²) in [4.78, 5) is 12.2. The molecule has 0 aliphatic rings. The molecule has 3 rings (SSSR count). The maximum absolute atomic E-state index is 13.3. The molecule has 1 N–H and O–H groups in total. The van der Waals surface area contributed by atoms with Crippen molar-refractivity contribution in [2.24, 2.45) is 0 Å². The minimum Gasteiger partial charge on any atom is -0.351 e. The van der Waals surface area contributed by atoms with Gasteiger partial charge in [-0.3, -0.25) is 4.79 Å². The molecule has 0 bridgehead atoms. The smallest absolute Gasteiger partial charge is 0.230 e. The van der Waals surface area contributed by atoms with Crippen molar-refractivity contribution in [1.82, 2.24) is 20.1 Å². The van der Waals surface area contributed by atoms with E-state index in [1.165, 1.54) is 17.8 Å². The van der Waals surface area contributed by atoms with Crippen molar-refractivity contribution in [3.63, 3.8) is 0 Å². The van der Waals surface area contributed by atoms with Crippen molar-refractivity contribution >= 4 is 17.7 Å². The molecule has 0 aliphatic carbocycles. The number of aromatic nitrogens is 3. The third kappa shape index (κ3) is 5.17. The van der Waals surface area contributed by atoms with Crippen LogP contribution in [0.15, 0.2) is 53.7 Å². The molecule has 0 unspecified atom stereocenters. The Morgan fingerprint density at radius 1 is 1.11 bits per heavy atom. The van der Waals surface area contributed by atoms with Gasteiger partial charge in [-0.15, -0.1) is 10.2 Å². The van der Waals surface area contributed by atoms with E-state index in [4.69, 9.17) is 0 Å². The maximum Gasteiger partial charge on any atom is 0.230 e. The van der Waals surface area contributed by atoms with Crippen LogP contribution in [0.1, 0.15) is 22.5 Å². The van der Waals surface area contributed by atoms with Crippen LogP contribution in [-0.4, -0.2) is 26.4 Å². The molecule has 1 amide bonds. The molecule has 27 heavy (non-hydrogen) atoms. The molecule has 5 nitrogen and oxygen atoms in total. The minimum atomic E-state index is -0.242. The number of benzene rings is 2. The van der Waals surface area contributed by atoms with Crippen LogP contribution < -0.4 is 5.32 Å². The van der Waals surface area contributed by atoms with Crippen molar-refractivity contribution in [1.29, 1.82) is 0 Å².